The summed E-state index contributed by atoms with van der Waals surface area (Å²) in [5, 5.41) is 4.11. The lowest BCUT2D eigenvalue weighted by atomic mass is 10.2. The molecule has 2 aromatic carbocycles. The van der Waals surface area contributed by atoms with Crippen LogP contribution in [0.3, 0.4) is 0 Å². The van der Waals surface area contributed by atoms with E-state index >= 15 is 0 Å². The summed E-state index contributed by atoms with van der Waals surface area (Å²) in [5.74, 6) is -0.219. The second-order valence-corrected chi connectivity index (χ2v) is 6.95. The van der Waals surface area contributed by atoms with Gasteiger partial charge >= 0.3 is 0 Å². The smallest absolute Gasteiger partial charge is 0.271 e. The quantitative estimate of drug-likeness (QED) is 0.361. The van der Waals surface area contributed by atoms with Crippen LogP contribution in [0.25, 0.3) is 5.69 Å². The molecule has 0 aliphatic rings. The normalized spacial score (nSPS) is 11.0. The largest absolute Gasteiger partial charge is 0.318 e. The second kappa shape index (κ2) is 7.65. The number of nitrogens with zero attached hydrogens (tertiary/aromatic N) is 2. The van der Waals surface area contributed by atoms with Gasteiger partial charge in [-0.25, -0.2) is 5.43 Å². The molecule has 126 valence electrons. The summed E-state index contributed by atoms with van der Waals surface area (Å²) in [4.78, 5) is 12.0. The maximum Gasteiger partial charge on any atom is 0.271 e. The third-order valence-corrected chi connectivity index (χ3v) is 4.61. The zero-order valence-electron chi connectivity index (χ0n) is 14.0. The van der Waals surface area contributed by atoms with Crippen molar-refractivity contribution in [3.63, 3.8) is 0 Å². The van der Waals surface area contributed by atoms with Gasteiger partial charge in [-0.05, 0) is 72.8 Å². The van der Waals surface area contributed by atoms with Crippen LogP contribution in [0.15, 0.2) is 65.8 Å². The number of hydrogen-bond donors (Lipinski definition) is 1. The van der Waals surface area contributed by atoms with Crippen LogP contribution in [-0.4, -0.2) is 16.7 Å². The van der Waals surface area contributed by atoms with Crippen LogP contribution in [0.2, 0.25) is 0 Å². The van der Waals surface area contributed by atoms with Crippen molar-refractivity contribution in [2.75, 3.05) is 0 Å². The maximum absolute atomic E-state index is 12.0. The molecular formula is C20H18IN3O. The molecule has 0 atom stereocenters. The lowest BCUT2D eigenvalue weighted by Crippen LogP contribution is -2.17. The van der Waals surface area contributed by atoms with Crippen molar-refractivity contribution in [3.05, 3.63) is 86.7 Å². The first kappa shape index (κ1) is 17.4. The molecule has 1 heterocycles. The van der Waals surface area contributed by atoms with Gasteiger partial charge in [0.25, 0.3) is 5.91 Å². The van der Waals surface area contributed by atoms with Gasteiger partial charge in [0.05, 0.1) is 6.21 Å². The Morgan fingerprint density at radius 2 is 1.84 bits per heavy atom. The van der Waals surface area contributed by atoms with Crippen molar-refractivity contribution in [1.29, 1.82) is 0 Å². The van der Waals surface area contributed by atoms with Crippen molar-refractivity contribution in [3.8, 4) is 5.69 Å². The maximum atomic E-state index is 12.0. The topological polar surface area (TPSA) is 46.4 Å². The van der Waals surface area contributed by atoms with E-state index in [-0.39, 0.29) is 5.91 Å². The van der Waals surface area contributed by atoms with E-state index in [1.807, 2.05) is 31.2 Å². The monoisotopic (exact) mass is 443 g/mol. The predicted molar refractivity (Wildman–Crippen MR) is 109 cm³/mol. The van der Waals surface area contributed by atoms with Gasteiger partial charge in [-0.2, -0.15) is 5.10 Å². The third-order valence-electron chi connectivity index (χ3n) is 3.94. The molecule has 4 nitrogen and oxygen atoms in total. The number of aryl methyl sites for hydroxylation is 1. The van der Waals surface area contributed by atoms with E-state index in [2.05, 4.69) is 68.9 Å². The van der Waals surface area contributed by atoms with Crippen molar-refractivity contribution < 1.29 is 4.79 Å². The molecule has 0 saturated heterocycles. The van der Waals surface area contributed by atoms with E-state index < -0.39 is 0 Å². The number of rotatable bonds is 4. The van der Waals surface area contributed by atoms with Crippen LogP contribution in [-0.2, 0) is 0 Å². The molecule has 1 N–H and O–H groups in total. The third kappa shape index (κ3) is 3.99. The Hall–Kier alpha value is -2.41. The second-order valence-electron chi connectivity index (χ2n) is 5.71. The Balaban J connectivity index is 1.80. The van der Waals surface area contributed by atoms with Gasteiger partial charge in [-0.1, -0.05) is 24.3 Å². The summed E-state index contributed by atoms with van der Waals surface area (Å²) in [6.07, 6.45) is 1.69. The highest BCUT2D eigenvalue weighted by Crippen LogP contribution is 2.21. The molecule has 5 heteroatoms. The lowest BCUT2D eigenvalue weighted by molar-refractivity contribution is 0.0955. The SMILES string of the molecule is Cc1cc(/C=N/NC(=O)c2ccccc2)c(C)n1-c1cccc(I)c1. The van der Waals surface area contributed by atoms with E-state index in [9.17, 15) is 4.79 Å². The molecule has 0 saturated carbocycles. The summed E-state index contributed by atoms with van der Waals surface area (Å²) in [6, 6.07) is 19.4. The minimum atomic E-state index is -0.219. The van der Waals surface area contributed by atoms with Crippen LogP contribution in [0, 0.1) is 17.4 Å². The van der Waals surface area contributed by atoms with E-state index in [1.165, 1.54) is 3.57 Å². The zero-order valence-corrected chi connectivity index (χ0v) is 16.2. The van der Waals surface area contributed by atoms with Crippen LogP contribution in [0.4, 0.5) is 0 Å². The van der Waals surface area contributed by atoms with Crippen LogP contribution < -0.4 is 5.43 Å². The van der Waals surface area contributed by atoms with Gasteiger partial charge in [0.1, 0.15) is 0 Å². The minimum Gasteiger partial charge on any atom is -0.318 e. The molecule has 0 radical (unpaired) electrons. The van der Waals surface area contributed by atoms with Crippen molar-refractivity contribution in [1.82, 2.24) is 9.99 Å². The number of hydrazone groups is 1. The summed E-state index contributed by atoms with van der Waals surface area (Å²) in [6.45, 7) is 4.11. The molecule has 0 fully saturated rings. The van der Waals surface area contributed by atoms with E-state index in [4.69, 9.17) is 0 Å². The van der Waals surface area contributed by atoms with Gasteiger partial charge in [-0.3, -0.25) is 4.79 Å². The van der Waals surface area contributed by atoms with Gasteiger partial charge in [0.15, 0.2) is 0 Å². The van der Waals surface area contributed by atoms with E-state index in [0.717, 1.165) is 22.6 Å². The average Bonchev–Trinajstić information content (AvgIpc) is 2.89. The number of carbonyl (C=O) groups excluding carboxylic acids is 1. The molecule has 25 heavy (non-hydrogen) atoms. The predicted octanol–water partition coefficient (Wildman–Crippen LogP) is 4.46. The summed E-state index contributed by atoms with van der Waals surface area (Å²) in [5.41, 5.74) is 7.46. The van der Waals surface area contributed by atoms with Gasteiger partial charge in [0, 0.05) is 31.8 Å². The number of hydrogen-bond acceptors (Lipinski definition) is 2. The zero-order chi connectivity index (χ0) is 17.8. The number of aromatic nitrogens is 1. The van der Waals surface area contributed by atoms with Crippen molar-refractivity contribution >= 4 is 34.7 Å². The number of halogens is 1. The fourth-order valence-corrected chi connectivity index (χ4v) is 3.27. The standard InChI is InChI=1S/C20H18IN3O/c1-14-11-17(13-22-23-20(25)16-7-4-3-5-8-16)15(2)24(14)19-10-6-9-18(21)12-19/h3-13H,1-2H3,(H,23,25)/b22-13+. The van der Waals surface area contributed by atoms with Crippen molar-refractivity contribution in [2.24, 2.45) is 5.10 Å². The van der Waals surface area contributed by atoms with Crippen molar-refractivity contribution in [2.45, 2.75) is 13.8 Å². The Kier molecular flexibility index (Phi) is 5.33. The fourth-order valence-electron chi connectivity index (χ4n) is 2.75. The van der Waals surface area contributed by atoms with E-state index in [0.29, 0.717) is 5.56 Å². The molecule has 1 aromatic heterocycles. The van der Waals surface area contributed by atoms with Gasteiger partial charge in [0.2, 0.25) is 0 Å². The first-order valence-electron chi connectivity index (χ1n) is 7.89. The molecule has 3 rings (SSSR count). The van der Waals surface area contributed by atoms with Crippen LogP contribution >= 0.6 is 22.6 Å². The summed E-state index contributed by atoms with van der Waals surface area (Å²) in [7, 11) is 0. The highest BCUT2D eigenvalue weighted by Gasteiger charge is 2.10. The molecule has 0 unspecified atom stereocenters. The Morgan fingerprint density at radius 1 is 1.08 bits per heavy atom. The number of carbonyl (C=O) groups is 1. The van der Waals surface area contributed by atoms with Crippen LogP contribution in [0.1, 0.15) is 27.3 Å². The average molecular weight is 443 g/mol. The highest BCUT2D eigenvalue weighted by atomic mass is 127. The number of benzene rings is 2. The van der Waals surface area contributed by atoms with Crippen LogP contribution in [0.5, 0.6) is 0 Å². The van der Waals surface area contributed by atoms with Gasteiger partial charge < -0.3 is 4.57 Å². The molecule has 0 bridgehead atoms. The Bertz CT molecular complexity index is 929. The highest BCUT2D eigenvalue weighted by molar-refractivity contribution is 14.1. The summed E-state index contributed by atoms with van der Waals surface area (Å²) < 4.78 is 3.37. The molecule has 0 aliphatic carbocycles. The molecule has 0 aliphatic heterocycles. The first-order valence-corrected chi connectivity index (χ1v) is 8.97. The molecule has 0 spiro atoms. The Morgan fingerprint density at radius 3 is 2.56 bits per heavy atom. The Labute approximate surface area is 160 Å². The number of amides is 1. The lowest BCUT2D eigenvalue weighted by Gasteiger charge is -2.09. The fraction of sp³-hybridized carbons (Fsp3) is 0.100. The molecular weight excluding hydrogens is 425 g/mol. The van der Waals surface area contributed by atoms with E-state index in [1.54, 1.807) is 18.3 Å². The summed E-state index contributed by atoms with van der Waals surface area (Å²) >= 11 is 2.31. The minimum absolute atomic E-state index is 0.219. The molecule has 1 amide bonds. The number of nitrogens with one attached hydrogen (secondary N) is 1. The van der Waals surface area contributed by atoms with Gasteiger partial charge in [-0.15, -0.1) is 0 Å². The molecule has 3 aromatic rings. The first-order chi connectivity index (χ1) is 12.1.